The molecule has 3 rings (SSSR count). The molecule has 0 unspecified atom stereocenters. The third-order valence-electron chi connectivity index (χ3n) is 5.15. The van der Waals surface area contributed by atoms with Crippen molar-refractivity contribution in [3.8, 4) is 6.07 Å². The maximum atomic E-state index is 14.3. The Hall–Kier alpha value is -4.12. The Balaban J connectivity index is 1.59. The molecule has 0 radical (unpaired) electrons. The number of nitriles is 1. The normalized spacial score (nSPS) is 10.2. The SMILES string of the molecule is C=CC(=O)N(C)c1cc(Nc2ncc(CI)c(NCCCNC(=O)c3ccc(C#N)nc3)n2)ccc1F. The molecule has 2 amide bonds. The Morgan fingerprint density at radius 2 is 2.03 bits per heavy atom. The highest BCUT2D eigenvalue weighted by Gasteiger charge is 2.14. The predicted octanol–water partition coefficient (Wildman–Crippen LogP) is 3.94. The topological polar surface area (TPSA) is 136 Å². The molecule has 0 aliphatic carbocycles. The molecule has 0 bridgehead atoms. The third kappa shape index (κ3) is 7.43. The van der Waals surface area contributed by atoms with Gasteiger partial charge in [-0.05, 0) is 42.8 Å². The molecule has 2 heterocycles. The summed E-state index contributed by atoms with van der Waals surface area (Å²) in [6.07, 6.45) is 4.81. The zero-order valence-electron chi connectivity index (χ0n) is 20.0. The largest absolute Gasteiger partial charge is 0.370 e. The van der Waals surface area contributed by atoms with Gasteiger partial charge >= 0.3 is 0 Å². The van der Waals surface area contributed by atoms with Gasteiger partial charge in [-0.1, -0.05) is 29.2 Å². The number of rotatable bonds is 11. The van der Waals surface area contributed by atoms with Crippen LogP contribution < -0.4 is 20.9 Å². The van der Waals surface area contributed by atoms with E-state index in [0.717, 1.165) is 16.5 Å². The van der Waals surface area contributed by atoms with Crippen molar-refractivity contribution in [3.05, 3.63) is 78.0 Å². The van der Waals surface area contributed by atoms with Gasteiger partial charge in [0.05, 0.1) is 11.3 Å². The van der Waals surface area contributed by atoms with Crippen molar-refractivity contribution in [2.75, 3.05) is 35.7 Å². The first-order valence-corrected chi connectivity index (χ1v) is 12.7. The van der Waals surface area contributed by atoms with E-state index >= 15 is 0 Å². The second-order valence-corrected chi connectivity index (χ2v) is 8.44. The molecule has 0 aliphatic rings. The Morgan fingerprint density at radius 3 is 2.70 bits per heavy atom. The van der Waals surface area contributed by atoms with Crippen LogP contribution in [0, 0.1) is 17.1 Å². The lowest BCUT2D eigenvalue weighted by Crippen LogP contribution is -2.26. The fraction of sp³-hybridized carbons (Fsp3) is 0.200. The quantitative estimate of drug-likeness (QED) is 0.128. The van der Waals surface area contributed by atoms with Gasteiger partial charge in [0, 0.05) is 48.2 Å². The number of likely N-dealkylation sites (N-methyl/N-ethyl adjacent to an activating group) is 1. The molecule has 3 N–H and O–H groups in total. The van der Waals surface area contributed by atoms with Gasteiger partial charge in [0.2, 0.25) is 11.9 Å². The molecule has 3 aromatic rings. The molecule has 2 aromatic heterocycles. The number of pyridine rings is 1. The molecule has 0 saturated heterocycles. The summed E-state index contributed by atoms with van der Waals surface area (Å²) in [5.41, 5.74) is 2.13. The van der Waals surface area contributed by atoms with Crippen LogP contribution in [0.5, 0.6) is 0 Å². The van der Waals surface area contributed by atoms with Crippen LogP contribution in [0.2, 0.25) is 0 Å². The summed E-state index contributed by atoms with van der Waals surface area (Å²) in [4.78, 5) is 38.0. The Morgan fingerprint density at radius 1 is 1.22 bits per heavy atom. The van der Waals surface area contributed by atoms with Crippen molar-refractivity contribution in [1.29, 1.82) is 5.26 Å². The molecule has 190 valence electrons. The molecule has 1 aromatic carbocycles. The maximum Gasteiger partial charge on any atom is 0.252 e. The van der Waals surface area contributed by atoms with E-state index in [1.54, 1.807) is 12.3 Å². The molecule has 0 atom stereocenters. The zero-order valence-corrected chi connectivity index (χ0v) is 22.1. The van der Waals surface area contributed by atoms with Crippen molar-refractivity contribution in [3.63, 3.8) is 0 Å². The number of carbonyl (C=O) groups is 2. The second kappa shape index (κ2) is 13.3. The second-order valence-electron chi connectivity index (χ2n) is 7.67. The lowest BCUT2D eigenvalue weighted by atomic mass is 10.2. The van der Waals surface area contributed by atoms with Crippen molar-refractivity contribution in [2.24, 2.45) is 0 Å². The molecule has 0 saturated carbocycles. The highest BCUT2D eigenvalue weighted by Crippen LogP contribution is 2.25. The molecule has 37 heavy (non-hydrogen) atoms. The summed E-state index contributed by atoms with van der Waals surface area (Å²) >= 11 is 2.22. The number of aromatic nitrogens is 3. The number of amides is 2. The van der Waals surface area contributed by atoms with E-state index in [1.165, 1.54) is 37.5 Å². The molecular formula is C25H24FIN8O2. The summed E-state index contributed by atoms with van der Waals surface area (Å²) < 4.78 is 14.9. The standard InChI is InChI=1S/C25H24FIN8O2/c1-3-22(36)35(2)21-11-18(7-8-20(21)26)33-25-32-15-17(12-27)23(34-25)29-9-4-10-30-24(37)16-5-6-19(13-28)31-14-16/h3,5-8,11,14-15H,1,4,9-10,12H2,2H3,(H,30,37)(H2,29,32,33,34). The first kappa shape index (κ1) is 27.5. The van der Waals surface area contributed by atoms with Gasteiger partial charge in [0.15, 0.2) is 0 Å². The van der Waals surface area contributed by atoms with Crippen molar-refractivity contribution in [1.82, 2.24) is 20.3 Å². The Kier molecular flexibility index (Phi) is 9.84. The number of carbonyl (C=O) groups excluding carboxylic acids is 2. The molecule has 0 aliphatic heterocycles. The fourth-order valence-corrected chi connectivity index (χ4v) is 3.70. The number of halogens is 2. The number of nitrogens with one attached hydrogen (secondary N) is 3. The molecule has 12 heteroatoms. The number of anilines is 4. The number of nitrogens with zero attached hydrogens (tertiary/aromatic N) is 5. The Bertz CT molecular complexity index is 1330. The van der Waals surface area contributed by atoms with E-state index in [0.29, 0.717) is 47.0 Å². The molecular weight excluding hydrogens is 590 g/mol. The van der Waals surface area contributed by atoms with E-state index in [1.807, 2.05) is 6.07 Å². The van der Waals surface area contributed by atoms with E-state index < -0.39 is 11.7 Å². The van der Waals surface area contributed by atoms with E-state index in [-0.39, 0.29) is 17.3 Å². The fourth-order valence-electron chi connectivity index (χ4n) is 3.14. The number of benzene rings is 1. The van der Waals surface area contributed by atoms with E-state index in [2.05, 4.69) is 60.1 Å². The maximum absolute atomic E-state index is 14.3. The molecule has 0 fully saturated rings. The molecule has 0 spiro atoms. The minimum atomic E-state index is -0.547. The van der Waals surface area contributed by atoms with E-state index in [4.69, 9.17) is 5.26 Å². The van der Waals surface area contributed by atoms with Crippen LogP contribution in [0.15, 0.2) is 55.4 Å². The van der Waals surface area contributed by atoms with Crippen LogP contribution >= 0.6 is 22.6 Å². The van der Waals surface area contributed by atoms with Gasteiger partial charge in [0.25, 0.3) is 5.91 Å². The van der Waals surface area contributed by atoms with Crippen LogP contribution in [0.3, 0.4) is 0 Å². The lowest BCUT2D eigenvalue weighted by Gasteiger charge is -2.17. The van der Waals surface area contributed by atoms with Gasteiger partial charge in [-0.2, -0.15) is 10.2 Å². The van der Waals surface area contributed by atoms with Gasteiger partial charge < -0.3 is 20.9 Å². The minimum absolute atomic E-state index is 0.0935. The van der Waals surface area contributed by atoms with Crippen LogP contribution in [0.4, 0.5) is 27.5 Å². The first-order chi connectivity index (χ1) is 17.9. The highest BCUT2D eigenvalue weighted by molar-refractivity contribution is 14.1. The third-order valence-corrected chi connectivity index (χ3v) is 5.97. The number of hydrogen-bond acceptors (Lipinski definition) is 8. The summed E-state index contributed by atoms with van der Waals surface area (Å²) in [5, 5.41) is 17.9. The zero-order chi connectivity index (χ0) is 26.8. The highest BCUT2D eigenvalue weighted by atomic mass is 127. The smallest absolute Gasteiger partial charge is 0.252 e. The van der Waals surface area contributed by atoms with Crippen LogP contribution in [-0.4, -0.2) is 46.9 Å². The number of alkyl halides is 1. The summed E-state index contributed by atoms with van der Waals surface area (Å²) in [6.45, 7) is 4.40. The van der Waals surface area contributed by atoms with E-state index in [9.17, 15) is 14.0 Å². The van der Waals surface area contributed by atoms with Crippen molar-refractivity contribution < 1.29 is 14.0 Å². The van der Waals surface area contributed by atoms with Crippen molar-refractivity contribution in [2.45, 2.75) is 10.8 Å². The minimum Gasteiger partial charge on any atom is -0.370 e. The lowest BCUT2D eigenvalue weighted by molar-refractivity contribution is -0.113. The summed E-state index contributed by atoms with van der Waals surface area (Å²) in [7, 11) is 1.46. The van der Waals surface area contributed by atoms with Gasteiger partial charge in [-0.3, -0.25) is 9.59 Å². The van der Waals surface area contributed by atoms with Crippen LogP contribution in [-0.2, 0) is 9.22 Å². The monoisotopic (exact) mass is 614 g/mol. The first-order valence-electron chi connectivity index (χ1n) is 11.1. The van der Waals surface area contributed by atoms with Crippen LogP contribution in [0.1, 0.15) is 28.0 Å². The number of hydrogen-bond donors (Lipinski definition) is 3. The predicted molar refractivity (Wildman–Crippen MR) is 147 cm³/mol. The van der Waals surface area contributed by atoms with Gasteiger partial charge in [-0.25, -0.2) is 14.4 Å². The van der Waals surface area contributed by atoms with Gasteiger partial charge in [0.1, 0.15) is 23.4 Å². The molecule has 10 nitrogen and oxygen atoms in total. The van der Waals surface area contributed by atoms with Gasteiger partial charge in [-0.15, -0.1) is 0 Å². The summed E-state index contributed by atoms with van der Waals surface area (Å²) in [5.74, 6) is -0.314. The van der Waals surface area contributed by atoms with Crippen LogP contribution in [0.25, 0.3) is 0 Å². The Labute approximate surface area is 227 Å². The average molecular weight is 614 g/mol. The summed E-state index contributed by atoms with van der Waals surface area (Å²) in [6, 6.07) is 9.24. The average Bonchev–Trinajstić information content (AvgIpc) is 2.93. The van der Waals surface area contributed by atoms with Crippen molar-refractivity contribution >= 4 is 57.5 Å².